The molecule has 5 heteroatoms. The van der Waals surface area contributed by atoms with Gasteiger partial charge in [0.15, 0.2) is 11.3 Å². The van der Waals surface area contributed by atoms with Crippen molar-refractivity contribution in [3.05, 3.63) is 30.0 Å². The second-order valence-corrected chi connectivity index (χ2v) is 3.51. The van der Waals surface area contributed by atoms with Crippen molar-refractivity contribution in [1.82, 2.24) is 0 Å². The summed E-state index contributed by atoms with van der Waals surface area (Å²) in [5.41, 5.74) is 0.435. The monoisotopic (exact) mass is 240 g/mol. The van der Waals surface area contributed by atoms with Crippen LogP contribution in [0, 0.1) is 0 Å². The van der Waals surface area contributed by atoms with Crippen molar-refractivity contribution >= 4 is 28.5 Å². The van der Waals surface area contributed by atoms with E-state index in [-0.39, 0.29) is 5.76 Å². The Morgan fingerprint density at radius 2 is 2.31 bits per heavy atom. The van der Waals surface area contributed by atoms with Gasteiger partial charge in [-0.2, -0.15) is 0 Å². The van der Waals surface area contributed by atoms with E-state index >= 15 is 0 Å². The first-order chi connectivity index (χ1) is 7.72. The van der Waals surface area contributed by atoms with Crippen LogP contribution in [0.5, 0.6) is 5.75 Å². The summed E-state index contributed by atoms with van der Waals surface area (Å²) in [5.74, 6) is -0.329. The van der Waals surface area contributed by atoms with Crippen LogP contribution in [0.4, 0.5) is 0 Å². The van der Waals surface area contributed by atoms with Crippen LogP contribution in [-0.4, -0.2) is 23.6 Å². The van der Waals surface area contributed by atoms with Gasteiger partial charge < -0.3 is 14.3 Å². The van der Waals surface area contributed by atoms with Gasteiger partial charge in [0.1, 0.15) is 6.61 Å². The number of benzene rings is 1. The molecule has 0 aliphatic heterocycles. The minimum absolute atomic E-state index is 0.100. The molecule has 16 heavy (non-hydrogen) atoms. The lowest BCUT2D eigenvalue weighted by Crippen LogP contribution is -1.97. The molecule has 0 radical (unpaired) electrons. The number of para-hydroxylation sites is 1. The van der Waals surface area contributed by atoms with E-state index in [2.05, 4.69) is 0 Å². The van der Waals surface area contributed by atoms with Crippen LogP contribution in [0.25, 0.3) is 11.0 Å². The van der Waals surface area contributed by atoms with Gasteiger partial charge in [0.05, 0.1) is 5.88 Å². The first-order valence-corrected chi connectivity index (χ1v) is 5.20. The van der Waals surface area contributed by atoms with Crippen LogP contribution in [0.1, 0.15) is 10.6 Å². The zero-order valence-corrected chi connectivity index (χ0v) is 9.03. The molecule has 0 fully saturated rings. The molecule has 1 heterocycles. The number of rotatable bonds is 4. The quantitative estimate of drug-likeness (QED) is 0.835. The number of fused-ring (bicyclic) bond motifs is 1. The number of halogens is 1. The van der Waals surface area contributed by atoms with Gasteiger partial charge in [0, 0.05) is 5.39 Å². The normalized spacial score (nSPS) is 10.6. The van der Waals surface area contributed by atoms with E-state index in [9.17, 15) is 4.79 Å². The Labute approximate surface area is 96.4 Å². The largest absolute Gasteiger partial charge is 0.488 e. The molecule has 0 unspecified atom stereocenters. The zero-order valence-electron chi connectivity index (χ0n) is 8.27. The van der Waals surface area contributed by atoms with Crippen LogP contribution < -0.4 is 4.74 Å². The molecular formula is C11H9ClO4. The molecule has 1 N–H and O–H groups in total. The molecule has 0 bridgehead atoms. The minimum Gasteiger partial charge on any atom is -0.488 e. The lowest BCUT2D eigenvalue weighted by molar-refractivity contribution is 0.0665. The van der Waals surface area contributed by atoms with Crippen molar-refractivity contribution in [3.8, 4) is 5.75 Å². The number of hydrogen-bond donors (Lipinski definition) is 1. The average molecular weight is 241 g/mol. The highest BCUT2D eigenvalue weighted by Gasteiger charge is 2.13. The summed E-state index contributed by atoms with van der Waals surface area (Å²) in [4.78, 5) is 10.7. The molecule has 2 rings (SSSR count). The van der Waals surface area contributed by atoms with Gasteiger partial charge in [-0.15, -0.1) is 11.6 Å². The molecule has 0 saturated carbocycles. The van der Waals surface area contributed by atoms with Gasteiger partial charge in [-0.3, -0.25) is 0 Å². The van der Waals surface area contributed by atoms with Gasteiger partial charge in [-0.25, -0.2) is 4.79 Å². The molecular weight excluding hydrogens is 232 g/mol. The topological polar surface area (TPSA) is 59.7 Å². The molecule has 84 valence electrons. The second-order valence-electron chi connectivity index (χ2n) is 3.13. The molecule has 0 aliphatic rings. The van der Waals surface area contributed by atoms with Crippen molar-refractivity contribution < 1.29 is 19.1 Å². The molecule has 0 saturated heterocycles. The Hall–Kier alpha value is -1.68. The molecule has 0 aliphatic carbocycles. The van der Waals surface area contributed by atoms with E-state index in [4.69, 9.17) is 25.9 Å². The summed E-state index contributed by atoms with van der Waals surface area (Å²) in [6.07, 6.45) is 0. The molecule has 1 aromatic carbocycles. The number of hydrogen-bond acceptors (Lipinski definition) is 3. The number of carboxylic acids is 1. The highest BCUT2D eigenvalue weighted by atomic mass is 35.5. The summed E-state index contributed by atoms with van der Waals surface area (Å²) in [6.45, 7) is 0.351. The summed E-state index contributed by atoms with van der Waals surface area (Å²) in [5, 5.41) is 9.50. The van der Waals surface area contributed by atoms with Crippen LogP contribution in [0.2, 0.25) is 0 Å². The number of carboxylic acid groups (broad SMARTS) is 1. The number of ether oxygens (including phenoxy) is 1. The molecule has 1 aromatic heterocycles. The second kappa shape index (κ2) is 4.45. The summed E-state index contributed by atoms with van der Waals surface area (Å²) in [7, 11) is 0. The third-order valence-electron chi connectivity index (χ3n) is 2.05. The predicted molar refractivity (Wildman–Crippen MR) is 59.4 cm³/mol. The molecule has 2 aromatic rings. The van der Waals surface area contributed by atoms with Gasteiger partial charge in [0.2, 0.25) is 5.76 Å². The van der Waals surface area contributed by atoms with Gasteiger partial charge >= 0.3 is 5.97 Å². The highest BCUT2D eigenvalue weighted by Crippen LogP contribution is 2.28. The van der Waals surface area contributed by atoms with E-state index < -0.39 is 5.97 Å². The number of carbonyl (C=O) groups is 1. The van der Waals surface area contributed by atoms with Crippen molar-refractivity contribution in [2.24, 2.45) is 0 Å². The van der Waals surface area contributed by atoms with Gasteiger partial charge in [0.25, 0.3) is 0 Å². The number of furan rings is 1. The standard InChI is InChI=1S/C11H9ClO4/c12-4-5-15-8-3-1-2-7-6-9(11(13)14)16-10(7)8/h1-3,6H,4-5H2,(H,13,14). The Morgan fingerprint density at radius 3 is 3.00 bits per heavy atom. The zero-order chi connectivity index (χ0) is 11.5. The van der Waals surface area contributed by atoms with Crippen LogP contribution >= 0.6 is 11.6 Å². The lowest BCUT2D eigenvalue weighted by Gasteiger charge is -2.03. The van der Waals surface area contributed by atoms with Crippen molar-refractivity contribution in [1.29, 1.82) is 0 Å². The van der Waals surface area contributed by atoms with Crippen LogP contribution in [0.3, 0.4) is 0 Å². The van der Waals surface area contributed by atoms with E-state index in [0.29, 0.717) is 29.2 Å². The first kappa shape index (κ1) is 10.8. The Morgan fingerprint density at radius 1 is 1.50 bits per heavy atom. The predicted octanol–water partition coefficient (Wildman–Crippen LogP) is 2.75. The van der Waals surface area contributed by atoms with Crippen LogP contribution in [-0.2, 0) is 0 Å². The summed E-state index contributed by atoms with van der Waals surface area (Å²) in [6, 6.07) is 6.71. The molecule has 0 spiro atoms. The van der Waals surface area contributed by atoms with E-state index in [1.165, 1.54) is 6.07 Å². The third kappa shape index (κ3) is 1.97. The lowest BCUT2D eigenvalue weighted by atomic mass is 10.2. The number of alkyl halides is 1. The van der Waals surface area contributed by atoms with E-state index in [1.807, 2.05) is 0 Å². The smallest absolute Gasteiger partial charge is 0.371 e. The maximum absolute atomic E-state index is 10.7. The molecule has 0 atom stereocenters. The van der Waals surface area contributed by atoms with Crippen molar-refractivity contribution in [3.63, 3.8) is 0 Å². The maximum Gasteiger partial charge on any atom is 0.371 e. The first-order valence-electron chi connectivity index (χ1n) is 4.67. The van der Waals surface area contributed by atoms with Crippen molar-refractivity contribution in [2.45, 2.75) is 0 Å². The summed E-state index contributed by atoms with van der Waals surface area (Å²) >= 11 is 5.51. The Kier molecular flexibility index (Phi) is 3.01. The molecule has 0 amide bonds. The third-order valence-corrected chi connectivity index (χ3v) is 2.21. The van der Waals surface area contributed by atoms with Crippen molar-refractivity contribution in [2.75, 3.05) is 12.5 Å². The van der Waals surface area contributed by atoms with E-state index in [0.717, 1.165) is 0 Å². The Bertz CT molecular complexity index is 518. The summed E-state index contributed by atoms with van der Waals surface area (Å²) < 4.78 is 10.5. The minimum atomic E-state index is -1.10. The average Bonchev–Trinajstić information content (AvgIpc) is 2.70. The van der Waals surface area contributed by atoms with Gasteiger partial charge in [-0.1, -0.05) is 12.1 Å². The van der Waals surface area contributed by atoms with Crippen LogP contribution in [0.15, 0.2) is 28.7 Å². The fraction of sp³-hybridized carbons (Fsp3) is 0.182. The highest BCUT2D eigenvalue weighted by molar-refractivity contribution is 6.18. The molecule has 4 nitrogen and oxygen atoms in total. The number of aromatic carboxylic acids is 1. The van der Waals surface area contributed by atoms with Gasteiger partial charge in [-0.05, 0) is 12.1 Å². The fourth-order valence-corrected chi connectivity index (χ4v) is 1.48. The van der Waals surface area contributed by atoms with E-state index in [1.54, 1.807) is 18.2 Å². The Balaban J connectivity index is 2.45. The maximum atomic E-state index is 10.7. The SMILES string of the molecule is O=C(O)c1cc2cccc(OCCCl)c2o1. The fourth-order valence-electron chi connectivity index (χ4n) is 1.40.